The molecular formula is C7H17KLiNO3. The summed E-state index contributed by atoms with van der Waals surface area (Å²) in [7, 11) is 0. The normalized spacial score (nSPS) is 9.46. The summed E-state index contributed by atoms with van der Waals surface area (Å²) >= 11 is 0. The number of hydrogen-bond donors (Lipinski definition) is 1. The molecule has 0 fully saturated rings. The van der Waals surface area contributed by atoms with Gasteiger partial charge in [-0.2, -0.15) is 0 Å². The molecule has 0 aliphatic rings. The van der Waals surface area contributed by atoms with Crippen molar-refractivity contribution < 1.29 is 14.7 Å². The summed E-state index contributed by atoms with van der Waals surface area (Å²) in [6, 6.07) is 0.150. The number of hydrogen-bond acceptors (Lipinski definition) is 3. The quantitative estimate of drug-likeness (QED) is 0.540. The SMILES string of the molecule is CC(C)N(OC(=O)O)C(C)C.[KH].[LiH]. The van der Waals surface area contributed by atoms with E-state index in [0.29, 0.717) is 0 Å². The topological polar surface area (TPSA) is 49.8 Å². The maximum absolute atomic E-state index is 10.2. The Balaban J connectivity index is -0.000000500. The van der Waals surface area contributed by atoms with Gasteiger partial charge in [0.2, 0.25) is 0 Å². The Morgan fingerprint density at radius 1 is 1.23 bits per heavy atom. The third-order valence-electron chi connectivity index (χ3n) is 1.20. The molecular weight excluding hydrogens is 192 g/mol. The van der Waals surface area contributed by atoms with Gasteiger partial charge in [0, 0.05) is 12.1 Å². The van der Waals surface area contributed by atoms with E-state index >= 15 is 0 Å². The number of carbonyl (C=O) groups is 1. The number of nitrogens with zero attached hydrogens (tertiary/aromatic N) is 1. The summed E-state index contributed by atoms with van der Waals surface area (Å²) < 4.78 is 0. The van der Waals surface area contributed by atoms with E-state index in [2.05, 4.69) is 4.84 Å². The average molecular weight is 209 g/mol. The van der Waals surface area contributed by atoms with Crippen molar-refractivity contribution in [1.29, 1.82) is 0 Å². The van der Waals surface area contributed by atoms with E-state index in [9.17, 15) is 4.79 Å². The number of hydroxylamine groups is 2. The van der Waals surface area contributed by atoms with Crippen molar-refractivity contribution in [2.45, 2.75) is 39.8 Å². The fraction of sp³-hybridized carbons (Fsp3) is 0.857. The number of carboxylic acid groups (broad SMARTS) is 1. The van der Waals surface area contributed by atoms with Crippen molar-refractivity contribution in [2.75, 3.05) is 0 Å². The van der Waals surface area contributed by atoms with Gasteiger partial charge in [0.1, 0.15) is 0 Å². The third-order valence-corrected chi connectivity index (χ3v) is 1.20. The van der Waals surface area contributed by atoms with E-state index in [1.807, 2.05) is 27.7 Å². The molecule has 0 radical (unpaired) electrons. The molecule has 0 atom stereocenters. The molecule has 70 valence electrons. The Bertz CT molecular complexity index is 136. The molecule has 1 N–H and O–H groups in total. The molecule has 0 aromatic heterocycles. The zero-order chi connectivity index (χ0) is 9.02. The Morgan fingerprint density at radius 3 is 1.62 bits per heavy atom. The van der Waals surface area contributed by atoms with Gasteiger partial charge in [-0.1, -0.05) is 0 Å². The molecule has 0 unspecified atom stereocenters. The van der Waals surface area contributed by atoms with E-state index in [1.54, 1.807) is 0 Å². The molecule has 0 aromatic carbocycles. The minimum atomic E-state index is -1.26. The van der Waals surface area contributed by atoms with Crippen LogP contribution < -0.4 is 0 Å². The standard InChI is InChI=1S/C7H15NO3.K.Li.2H/c1-5(2)8(6(3)4)11-7(9)10;;;;/h5-6H,1-4H3,(H,9,10);;;;. The molecule has 0 aromatic rings. The Hall–Kier alpha value is 1.46. The van der Waals surface area contributed by atoms with E-state index < -0.39 is 6.16 Å². The summed E-state index contributed by atoms with van der Waals surface area (Å²) in [5.41, 5.74) is 0. The first-order chi connectivity index (χ1) is 4.95. The van der Waals surface area contributed by atoms with Crippen molar-refractivity contribution in [2.24, 2.45) is 0 Å². The van der Waals surface area contributed by atoms with Gasteiger partial charge < -0.3 is 9.94 Å². The van der Waals surface area contributed by atoms with Crippen LogP contribution in [0.4, 0.5) is 4.79 Å². The van der Waals surface area contributed by atoms with Gasteiger partial charge in [-0.25, -0.2) is 4.79 Å². The molecule has 4 nitrogen and oxygen atoms in total. The van der Waals surface area contributed by atoms with Crippen LogP contribution in [0.5, 0.6) is 0 Å². The van der Waals surface area contributed by atoms with Crippen molar-refractivity contribution >= 4 is 76.4 Å². The van der Waals surface area contributed by atoms with Crippen LogP contribution in [-0.4, -0.2) is 98.7 Å². The molecule has 0 amide bonds. The average Bonchev–Trinajstić information content (AvgIpc) is 1.81. The summed E-state index contributed by atoms with van der Waals surface area (Å²) in [5.74, 6) is 0. The van der Waals surface area contributed by atoms with Gasteiger partial charge in [0.25, 0.3) is 0 Å². The molecule has 0 spiro atoms. The monoisotopic (exact) mass is 209 g/mol. The summed E-state index contributed by atoms with van der Waals surface area (Å²) in [4.78, 5) is 14.7. The second-order valence-corrected chi connectivity index (χ2v) is 2.90. The van der Waals surface area contributed by atoms with Gasteiger partial charge in [-0.05, 0) is 27.7 Å². The second kappa shape index (κ2) is 10.00. The Morgan fingerprint density at radius 2 is 1.54 bits per heavy atom. The first kappa shape index (κ1) is 20.0. The predicted molar refractivity (Wildman–Crippen MR) is 55.5 cm³/mol. The molecule has 0 bridgehead atoms. The molecule has 0 aliphatic carbocycles. The van der Waals surface area contributed by atoms with Crippen LogP contribution in [0.15, 0.2) is 0 Å². The molecule has 6 heteroatoms. The molecule has 13 heavy (non-hydrogen) atoms. The fourth-order valence-electron chi connectivity index (χ4n) is 0.897. The zero-order valence-electron chi connectivity index (χ0n) is 7.37. The van der Waals surface area contributed by atoms with Crippen LogP contribution in [0, 0.1) is 0 Å². The molecule has 0 rings (SSSR count). The zero-order valence-corrected chi connectivity index (χ0v) is 7.37. The van der Waals surface area contributed by atoms with E-state index in [4.69, 9.17) is 5.11 Å². The molecule has 0 aliphatic heterocycles. The van der Waals surface area contributed by atoms with Gasteiger partial charge in [0.15, 0.2) is 0 Å². The summed E-state index contributed by atoms with van der Waals surface area (Å²) in [6.45, 7) is 7.51. The molecule has 0 saturated heterocycles. The first-order valence-electron chi connectivity index (χ1n) is 3.64. The van der Waals surface area contributed by atoms with Crippen LogP contribution in [0.2, 0.25) is 0 Å². The van der Waals surface area contributed by atoms with E-state index in [0.717, 1.165) is 0 Å². The van der Waals surface area contributed by atoms with Crippen LogP contribution in [-0.2, 0) is 4.84 Å². The maximum atomic E-state index is 10.2. The predicted octanol–water partition coefficient (Wildman–Crippen LogP) is 0.418. The van der Waals surface area contributed by atoms with Crippen molar-refractivity contribution in [1.82, 2.24) is 5.06 Å². The van der Waals surface area contributed by atoms with Crippen molar-refractivity contribution in [3.63, 3.8) is 0 Å². The number of rotatable bonds is 3. The summed E-state index contributed by atoms with van der Waals surface area (Å²) in [6.07, 6.45) is -1.26. The third kappa shape index (κ3) is 9.76. The Labute approximate surface area is 134 Å². The van der Waals surface area contributed by atoms with Crippen molar-refractivity contribution in [3.8, 4) is 0 Å². The van der Waals surface area contributed by atoms with Crippen LogP contribution in [0.1, 0.15) is 27.7 Å². The van der Waals surface area contributed by atoms with Crippen molar-refractivity contribution in [3.05, 3.63) is 0 Å². The van der Waals surface area contributed by atoms with Gasteiger partial charge in [-0.3, -0.25) is 0 Å². The minimum absolute atomic E-state index is 0. The van der Waals surface area contributed by atoms with Gasteiger partial charge in [0.05, 0.1) is 0 Å². The second-order valence-electron chi connectivity index (χ2n) is 2.90. The van der Waals surface area contributed by atoms with Gasteiger partial charge >= 0.3 is 76.4 Å². The summed E-state index contributed by atoms with van der Waals surface area (Å²) in [5, 5.41) is 9.75. The van der Waals surface area contributed by atoms with Crippen LogP contribution >= 0.6 is 0 Å². The van der Waals surface area contributed by atoms with Crippen LogP contribution in [0.25, 0.3) is 0 Å². The van der Waals surface area contributed by atoms with E-state index in [-0.39, 0.29) is 82.3 Å². The van der Waals surface area contributed by atoms with Gasteiger partial charge in [-0.15, -0.1) is 5.06 Å². The fourth-order valence-corrected chi connectivity index (χ4v) is 0.897. The first-order valence-corrected chi connectivity index (χ1v) is 3.64. The Kier molecular flexibility index (Phi) is 15.3. The molecule has 0 saturated carbocycles. The molecule has 0 heterocycles. The van der Waals surface area contributed by atoms with Crippen LogP contribution in [0.3, 0.4) is 0 Å². The van der Waals surface area contributed by atoms with E-state index in [1.165, 1.54) is 5.06 Å².